The molecule has 0 atom stereocenters. The van der Waals surface area contributed by atoms with Gasteiger partial charge in [-0.15, -0.1) is 11.3 Å². The molecule has 2 rings (SSSR count). The SMILES string of the molecule is O=S(=O)(Nc1ccc(O)cc1Cl)c1cc(Cl)c(Br)s1. The maximum atomic E-state index is 12.1. The van der Waals surface area contributed by atoms with Gasteiger partial charge in [-0.2, -0.15) is 0 Å². The van der Waals surface area contributed by atoms with E-state index in [0.29, 0.717) is 8.81 Å². The van der Waals surface area contributed by atoms with E-state index in [0.717, 1.165) is 11.3 Å². The maximum Gasteiger partial charge on any atom is 0.271 e. The number of phenolic OH excluding ortho intramolecular Hbond substituents is 1. The van der Waals surface area contributed by atoms with Crippen molar-refractivity contribution in [2.24, 2.45) is 0 Å². The largest absolute Gasteiger partial charge is 0.508 e. The zero-order valence-electron chi connectivity index (χ0n) is 9.02. The molecule has 102 valence electrons. The van der Waals surface area contributed by atoms with Crippen molar-refractivity contribution in [2.45, 2.75) is 4.21 Å². The van der Waals surface area contributed by atoms with Gasteiger partial charge in [0, 0.05) is 6.07 Å². The van der Waals surface area contributed by atoms with Crippen molar-refractivity contribution in [1.29, 1.82) is 0 Å². The monoisotopic (exact) mass is 401 g/mol. The quantitative estimate of drug-likeness (QED) is 0.751. The van der Waals surface area contributed by atoms with Gasteiger partial charge in [0.25, 0.3) is 10.0 Å². The Morgan fingerprint density at radius 2 is 1.89 bits per heavy atom. The van der Waals surface area contributed by atoms with E-state index in [9.17, 15) is 13.5 Å². The fraction of sp³-hybridized carbons (Fsp3) is 0. The van der Waals surface area contributed by atoms with Crippen LogP contribution < -0.4 is 4.72 Å². The molecule has 4 nitrogen and oxygen atoms in total. The topological polar surface area (TPSA) is 66.4 Å². The fourth-order valence-electron chi connectivity index (χ4n) is 1.24. The summed E-state index contributed by atoms with van der Waals surface area (Å²) in [4.78, 5) is 0. The van der Waals surface area contributed by atoms with E-state index >= 15 is 0 Å². The molecule has 2 aromatic rings. The van der Waals surface area contributed by atoms with Crippen molar-refractivity contribution in [3.63, 3.8) is 0 Å². The Bertz CT molecular complexity index is 711. The smallest absolute Gasteiger partial charge is 0.271 e. The minimum Gasteiger partial charge on any atom is -0.508 e. The molecule has 0 spiro atoms. The van der Waals surface area contributed by atoms with E-state index in [-0.39, 0.29) is 20.7 Å². The maximum absolute atomic E-state index is 12.1. The Kier molecular flexibility index (Phi) is 4.32. The summed E-state index contributed by atoms with van der Waals surface area (Å²) < 4.78 is 27.1. The molecule has 0 radical (unpaired) electrons. The Hall–Kier alpha value is -0.470. The van der Waals surface area contributed by atoms with E-state index in [1.54, 1.807) is 0 Å². The minimum absolute atomic E-state index is 0.0464. The third-order valence-electron chi connectivity index (χ3n) is 2.08. The van der Waals surface area contributed by atoms with Gasteiger partial charge in [0.05, 0.1) is 19.5 Å². The highest BCUT2D eigenvalue weighted by Gasteiger charge is 2.20. The van der Waals surface area contributed by atoms with Gasteiger partial charge in [-0.1, -0.05) is 23.2 Å². The van der Waals surface area contributed by atoms with Crippen LogP contribution in [0.4, 0.5) is 5.69 Å². The summed E-state index contributed by atoms with van der Waals surface area (Å²) in [6.07, 6.45) is 0. The number of thiophene rings is 1. The lowest BCUT2D eigenvalue weighted by molar-refractivity contribution is 0.475. The second-order valence-corrected chi connectivity index (χ2v) is 8.55. The first-order valence-electron chi connectivity index (χ1n) is 4.76. The average Bonchev–Trinajstić information content (AvgIpc) is 2.64. The van der Waals surface area contributed by atoms with Crippen LogP contribution in [0.25, 0.3) is 0 Å². The number of halogens is 3. The van der Waals surface area contributed by atoms with Crippen LogP contribution in [0.2, 0.25) is 10.0 Å². The van der Waals surface area contributed by atoms with Crippen LogP contribution in [-0.2, 0) is 10.0 Å². The first-order valence-corrected chi connectivity index (χ1v) is 8.60. The van der Waals surface area contributed by atoms with Crippen molar-refractivity contribution in [2.75, 3.05) is 4.72 Å². The number of nitrogens with one attached hydrogen (secondary N) is 1. The molecule has 2 N–H and O–H groups in total. The standard InChI is InChI=1S/C10H6BrCl2NO3S2/c11-10-7(13)4-9(18-10)19(16,17)14-8-2-1-5(15)3-6(8)12/h1-4,14-15H. The Labute approximate surface area is 132 Å². The molecule has 0 aliphatic carbocycles. The molecule has 1 aromatic carbocycles. The number of anilines is 1. The molecule has 9 heteroatoms. The first-order chi connectivity index (χ1) is 8.79. The molecule has 0 aliphatic rings. The van der Waals surface area contributed by atoms with Crippen molar-refractivity contribution in [3.05, 3.63) is 38.1 Å². The van der Waals surface area contributed by atoms with Crippen molar-refractivity contribution < 1.29 is 13.5 Å². The van der Waals surface area contributed by atoms with Crippen LogP contribution in [0.1, 0.15) is 0 Å². The molecule has 0 amide bonds. The second kappa shape index (κ2) is 5.49. The van der Waals surface area contributed by atoms with Crippen molar-refractivity contribution >= 4 is 66.2 Å². The summed E-state index contributed by atoms with van der Waals surface area (Å²) in [5.41, 5.74) is 0.181. The van der Waals surface area contributed by atoms with Gasteiger partial charge >= 0.3 is 0 Å². The van der Waals surface area contributed by atoms with E-state index in [1.807, 2.05) is 0 Å². The molecule has 1 heterocycles. The summed E-state index contributed by atoms with van der Waals surface area (Å²) in [6.45, 7) is 0. The third kappa shape index (κ3) is 3.35. The predicted octanol–water partition coefficient (Wildman–Crippen LogP) is 4.32. The summed E-state index contributed by atoms with van der Waals surface area (Å²) in [7, 11) is -3.76. The highest BCUT2D eigenvalue weighted by Crippen LogP contribution is 2.36. The molecular formula is C10H6BrCl2NO3S2. The summed E-state index contributed by atoms with van der Waals surface area (Å²) >= 11 is 15.8. The number of phenols is 1. The van der Waals surface area contributed by atoms with E-state index in [1.165, 1.54) is 24.3 Å². The van der Waals surface area contributed by atoms with Crippen LogP contribution in [0, 0.1) is 0 Å². The van der Waals surface area contributed by atoms with Crippen LogP contribution in [0.15, 0.2) is 32.3 Å². The molecular weight excluding hydrogens is 397 g/mol. The third-order valence-corrected chi connectivity index (χ3v) is 6.71. The highest BCUT2D eigenvalue weighted by atomic mass is 79.9. The van der Waals surface area contributed by atoms with Gasteiger partial charge in [0.15, 0.2) is 0 Å². The molecule has 0 saturated heterocycles. The van der Waals surface area contributed by atoms with E-state index < -0.39 is 10.0 Å². The summed E-state index contributed by atoms with van der Waals surface area (Å²) in [6, 6.07) is 5.30. The summed E-state index contributed by atoms with van der Waals surface area (Å²) in [5, 5.41) is 9.63. The van der Waals surface area contributed by atoms with Gasteiger partial charge in [0.2, 0.25) is 0 Å². The normalized spacial score (nSPS) is 11.5. The molecule has 0 bridgehead atoms. The predicted molar refractivity (Wildman–Crippen MR) is 81.0 cm³/mol. The molecule has 19 heavy (non-hydrogen) atoms. The molecule has 0 unspecified atom stereocenters. The van der Waals surface area contributed by atoms with E-state index in [4.69, 9.17) is 23.2 Å². The number of sulfonamides is 1. The molecule has 0 saturated carbocycles. The minimum atomic E-state index is -3.76. The molecule has 1 aromatic heterocycles. The average molecular weight is 403 g/mol. The lowest BCUT2D eigenvalue weighted by Gasteiger charge is -2.08. The number of rotatable bonds is 3. The lowest BCUT2D eigenvalue weighted by atomic mass is 10.3. The fourth-order valence-corrected chi connectivity index (χ4v) is 5.00. The molecule has 0 aliphatic heterocycles. The van der Waals surface area contributed by atoms with Crippen LogP contribution in [-0.4, -0.2) is 13.5 Å². The van der Waals surface area contributed by atoms with Crippen LogP contribution >= 0.6 is 50.5 Å². The lowest BCUT2D eigenvalue weighted by Crippen LogP contribution is -2.11. The van der Waals surface area contributed by atoms with Crippen LogP contribution in [0.3, 0.4) is 0 Å². The molecule has 0 fully saturated rings. The zero-order chi connectivity index (χ0) is 14.2. The van der Waals surface area contributed by atoms with Gasteiger partial charge in [-0.25, -0.2) is 8.42 Å². The van der Waals surface area contributed by atoms with E-state index in [2.05, 4.69) is 20.7 Å². The summed E-state index contributed by atoms with van der Waals surface area (Å²) in [5.74, 6) is -0.0464. The highest BCUT2D eigenvalue weighted by molar-refractivity contribution is 9.11. The number of benzene rings is 1. The van der Waals surface area contributed by atoms with Gasteiger partial charge in [0.1, 0.15) is 9.96 Å². The second-order valence-electron chi connectivity index (χ2n) is 3.46. The Balaban J connectivity index is 2.36. The van der Waals surface area contributed by atoms with Crippen molar-refractivity contribution in [1.82, 2.24) is 0 Å². The first kappa shape index (κ1) is 14.9. The Morgan fingerprint density at radius 1 is 1.21 bits per heavy atom. The Morgan fingerprint density at radius 3 is 2.42 bits per heavy atom. The zero-order valence-corrected chi connectivity index (χ0v) is 13.8. The van der Waals surface area contributed by atoms with Gasteiger partial charge in [-0.05, 0) is 34.1 Å². The van der Waals surface area contributed by atoms with Gasteiger partial charge in [-0.3, -0.25) is 4.72 Å². The van der Waals surface area contributed by atoms with Crippen LogP contribution in [0.5, 0.6) is 5.75 Å². The number of hydrogen-bond acceptors (Lipinski definition) is 4. The van der Waals surface area contributed by atoms with Crippen molar-refractivity contribution in [3.8, 4) is 5.75 Å². The number of hydrogen-bond donors (Lipinski definition) is 2. The van der Waals surface area contributed by atoms with Gasteiger partial charge < -0.3 is 5.11 Å². The number of aromatic hydroxyl groups is 1.